The van der Waals surface area contributed by atoms with Crippen molar-refractivity contribution in [2.75, 3.05) is 20.7 Å². The average Bonchev–Trinajstić information content (AvgIpc) is 2.66. The summed E-state index contributed by atoms with van der Waals surface area (Å²) < 4.78 is 0. The quantitative estimate of drug-likeness (QED) is 0.601. The van der Waals surface area contributed by atoms with Crippen molar-refractivity contribution in [1.82, 2.24) is 10.4 Å². The minimum absolute atomic E-state index is 0.0619. The highest BCUT2D eigenvalue weighted by atomic mass is 32.1. The van der Waals surface area contributed by atoms with Crippen LogP contribution in [0.25, 0.3) is 0 Å². The number of hydrogen-bond donors (Lipinski definition) is 2. The summed E-state index contributed by atoms with van der Waals surface area (Å²) in [5.41, 5.74) is 3.26. The molecule has 1 heterocycles. The zero-order chi connectivity index (χ0) is 12.0. The van der Waals surface area contributed by atoms with Crippen LogP contribution in [-0.2, 0) is 0 Å². The van der Waals surface area contributed by atoms with Gasteiger partial charge in [-0.3, -0.25) is 10.2 Å². The Morgan fingerprint density at radius 2 is 2.38 bits per heavy atom. The van der Waals surface area contributed by atoms with E-state index in [2.05, 4.69) is 17.3 Å². The van der Waals surface area contributed by atoms with E-state index in [1.54, 1.807) is 30.6 Å². The molecule has 0 saturated carbocycles. The molecule has 0 bridgehead atoms. The predicted octanol–water partition coefficient (Wildman–Crippen LogP) is 0.688. The van der Waals surface area contributed by atoms with Gasteiger partial charge in [0.1, 0.15) is 0 Å². The summed E-state index contributed by atoms with van der Waals surface area (Å²) in [6, 6.07) is 1.74. The highest BCUT2D eigenvalue weighted by Crippen LogP contribution is 2.13. The molecule has 5 heteroatoms. The molecule has 0 spiro atoms. The second-order valence-electron chi connectivity index (χ2n) is 3.31. The van der Waals surface area contributed by atoms with Crippen molar-refractivity contribution in [3.63, 3.8) is 0 Å². The first-order valence-corrected chi connectivity index (χ1v) is 5.68. The van der Waals surface area contributed by atoms with Gasteiger partial charge in [0.2, 0.25) is 0 Å². The fourth-order valence-electron chi connectivity index (χ4n) is 0.994. The number of aliphatic hydroxyl groups excluding tert-OH is 1. The van der Waals surface area contributed by atoms with E-state index in [4.69, 9.17) is 5.11 Å². The molecule has 1 rings (SSSR count). The van der Waals surface area contributed by atoms with Gasteiger partial charge >= 0.3 is 0 Å². The second kappa shape index (κ2) is 6.28. The summed E-state index contributed by atoms with van der Waals surface area (Å²) in [5.74, 6) is 5.56. The second-order valence-corrected chi connectivity index (χ2v) is 4.22. The minimum atomic E-state index is -0.142. The number of nitrogens with one attached hydrogen (secondary N) is 1. The zero-order valence-electron chi connectivity index (χ0n) is 9.28. The number of carbonyl (C=O) groups excluding carboxylic acids is 1. The van der Waals surface area contributed by atoms with E-state index in [1.165, 1.54) is 11.3 Å². The van der Waals surface area contributed by atoms with Gasteiger partial charge in [-0.1, -0.05) is 11.8 Å². The molecule has 1 aromatic rings. The monoisotopic (exact) mass is 238 g/mol. The van der Waals surface area contributed by atoms with Crippen molar-refractivity contribution < 1.29 is 9.90 Å². The van der Waals surface area contributed by atoms with E-state index >= 15 is 0 Å². The molecule has 1 aromatic heterocycles. The maximum absolute atomic E-state index is 11.6. The van der Waals surface area contributed by atoms with Crippen LogP contribution in [0.1, 0.15) is 21.7 Å². The lowest BCUT2D eigenvalue weighted by Crippen LogP contribution is -2.35. The van der Waals surface area contributed by atoms with Gasteiger partial charge in [0.05, 0.1) is 17.0 Å². The summed E-state index contributed by atoms with van der Waals surface area (Å²) in [4.78, 5) is 12.4. The maximum Gasteiger partial charge on any atom is 0.266 e. The number of thiophene rings is 1. The lowest BCUT2D eigenvalue weighted by molar-refractivity contribution is 0.0857. The molecule has 0 aliphatic heterocycles. The number of amides is 1. The molecule has 4 nitrogen and oxygen atoms in total. The van der Waals surface area contributed by atoms with Crippen molar-refractivity contribution in [1.29, 1.82) is 0 Å². The fourth-order valence-corrected chi connectivity index (χ4v) is 1.75. The van der Waals surface area contributed by atoms with Gasteiger partial charge in [-0.2, -0.15) is 0 Å². The first-order chi connectivity index (χ1) is 7.63. The Kier molecular flexibility index (Phi) is 4.99. The molecule has 0 radical (unpaired) electrons. The topological polar surface area (TPSA) is 52.6 Å². The van der Waals surface area contributed by atoms with E-state index in [0.717, 1.165) is 4.88 Å². The molecule has 16 heavy (non-hydrogen) atoms. The Balaban J connectivity index is 2.65. The first-order valence-electron chi connectivity index (χ1n) is 4.80. The molecule has 1 amide bonds. The van der Waals surface area contributed by atoms with Crippen molar-refractivity contribution in [2.45, 2.75) is 6.42 Å². The van der Waals surface area contributed by atoms with Crippen LogP contribution in [0, 0.1) is 11.8 Å². The van der Waals surface area contributed by atoms with Crippen LogP contribution in [0.5, 0.6) is 0 Å². The number of hydrogen-bond acceptors (Lipinski definition) is 4. The summed E-state index contributed by atoms with van der Waals surface area (Å²) in [7, 11) is 3.51. The minimum Gasteiger partial charge on any atom is -0.395 e. The van der Waals surface area contributed by atoms with E-state index in [1.807, 2.05) is 0 Å². The van der Waals surface area contributed by atoms with Gasteiger partial charge in [-0.25, -0.2) is 5.01 Å². The standard InChI is InChI=1S/C11H14N2O2S/c1-13(2)12-11(15)9-7-10(16-8-9)5-3-4-6-14/h7-8,14H,4,6H2,1-2H3,(H,12,15). The van der Waals surface area contributed by atoms with Crippen LogP contribution in [0.2, 0.25) is 0 Å². The Morgan fingerprint density at radius 3 is 3.00 bits per heavy atom. The summed E-state index contributed by atoms with van der Waals surface area (Å²) in [5, 5.41) is 11.9. The Hall–Kier alpha value is -1.35. The zero-order valence-corrected chi connectivity index (χ0v) is 10.1. The van der Waals surface area contributed by atoms with Crippen molar-refractivity contribution in [3.8, 4) is 11.8 Å². The highest BCUT2D eigenvalue weighted by molar-refractivity contribution is 7.10. The Morgan fingerprint density at radius 1 is 1.62 bits per heavy atom. The molecule has 0 atom stereocenters. The maximum atomic E-state index is 11.6. The molecule has 86 valence electrons. The van der Waals surface area contributed by atoms with E-state index in [9.17, 15) is 4.79 Å². The van der Waals surface area contributed by atoms with Gasteiger partial charge in [0.25, 0.3) is 5.91 Å². The lowest BCUT2D eigenvalue weighted by atomic mass is 10.3. The normalized spacial score (nSPS) is 9.75. The number of aliphatic hydroxyl groups is 1. The van der Waals surface area contributed by atoms with Gasteiger partial charge in [-0.05, 0) is 6.07 Å². The van der Waals surface area contributed by atoms with Crippen LogP contribution in [0.4, 0.5) is 0 Å². The van der Waals surface area contributed by atoms with E-state index < -0.39 is 0 Å². The molecule has 0 aromatic carbocycles. The number of hydrazine groups is 1. The molecule has 0 unspecified atom stereocenters. The molecule has 0 saturated heterocycles. The van der Waals surface area contributed by atoms with Crippen LogP contribution >= 0.6 is 11.3 Å². The van der Waals surface area contributed by atoms with Gasteiger partial charge < -0.3 is 5.11 Å². The van der Waals surface area contributed by atoms with Crippen molar-refractivity contribution in [3.05, 3.63) is 21.9 Å². The molecular formula is C11H14N2O2S. The van der Waals surface area contributed by atoms with Crippen LogP contribution in [0.15, 0.2) is 11.4 Å². The van der Waals surface area contributed by atoms with Crippen molar-refractivity contribution >= 4 is 17.2 Å². The summed E-state index contributed by atoms with van der Waals surface area (Å²) in [6.07, 6.45) is 0.455. The van der Waals surface area contributed by atoms with Crippen LogP contribution in [-0.4, -0.2) is 36.7 Å². The average molecular weight is 238 g/mol. The van der Waals surface area contributed by atoms with Crippen molar-refractivity contribution in [2.24, 2.45) is 0 Å². The predicted molar refractivity (Wildman–Crippen MR) is 64.1 cm³/mol. The van der Waals surface area contributed by atoms with E-state index in [-0.39, 0.29) is 12.5 Å². The third kappa shape index (κ3) is 4.03. The van der Waals surface area contributed by atoms with E-state index in [0.29, 0.717) is 12.0 Å². The molecular weight excluding hydrogens is 224 g/mol. The third-order valence-corrected chi connectivity index (χ3v) is 2.48. The SMILES string of the molecule is CN(C)NC(=O)c1csc(C#CCCO)c1. The molecule has 0 aliphatic rings. The number of carbonyl (C=O) groups is 1. The highest BCUT2D eigenvalue weighted by Gasteiger charge is 2.07. The van der Waals surface area contributed by atoms with Gasteiger partial charge in [0.15, 0.2) is 0 Å². The largest absolute Gasteiger partial charge is 0.395 e. The number of rotatable bonds is 3. The first kappa shape index (κ1) is 12.7. The van der Waals surface area contributed by atoms with Gasteiger partial charge in [-0.15, -0.1) is 11.3 Å². The smallest absolute Gasteiger partial charge is 0.266 e. The summed E-state index contributed by atoms with van der Waals surface area (Å²) >= 11 is 1.42. The summed E-state index contributed by atoms with van der Waals surface area (Å²) in [6.45, 7) is 0.0619. The molecule has 0 aliphatic carbocycles. The molecule has 2 N–H and O–H groups in total. The Bertz CT molecular complexity index is 415. The fraction of sp³-hybridized carbons (Fsp3) is 0.364. The molecule has 0 fully saturated rings. The Labute approximate surface area is 98.9 Å². The third-order valence-electron chi connectivity index (χ3n) is 1.64. The van der Waals surface area contributed by atoms with Gasteiger partial charge in [0, 0.05) is 25.9 Å². The van der Waals surface area contributed by atoms with Crippen LogP contribution in [0.3, 0.4) is 0 Å². The lowest BCUT2D eigenvalue weighted by Gasteiger charge is -2.10. The number of nitrogens with zero attached hydrogens (tertiary/aromatic N) is 1. The van der Waals surface area contributed by atoms with Crippen LogP contribution < -0.4 is 5.43 Å².